The number of hydrogen-bond donors (Lipinski definition) is 0. The Bertz CT molecular complexity index is 122. The Hall–Kier alpha value is -0.0400. The van der Waals surface area contributed by atoms with Crippen LogP contribution >= 0.6 is 0 Å². The van der Waals surface area contributed by atoms with Crippen molar-refractivity contribution in [2.45, 2.75) is 51.6 Å². The molecule has 1 nitrogen and oxygen atoms in total. The molecule has 2 atom stereocenters. The fourth-order valence-corrected chi connectivity index (χ4v) is 2.11. The zero-order chi connectivity index (χ0) is 8.32. The average Bonchev–Trinajstić information content (AvgIpc) is 2.05. The maximum absolute atomic E-state index is 5.51. The van der Waals surface area contributed by atoms with E-state index >= 15 is 0 Å². The standard InChI is InChI=1S/C10H20O/c1-4-9-6-5-7-10(2,8-9)11-3/h9H,4-8H2,1-3H3/t9-,10+/m1/s1. The molecule has 0 spiro atoms. The van der Waals surface area contributed by atoms with Crippen molar-refractivity contribution in [1.29, 1.82) is 0 Å². The molecule has 0 unspecified atom stereocenters. The van der Waals surface area contributed by atoms with Gasteiger partial charge in [0.25, 0.3) is 0 Å². The van der Waals surface area contributed by atoms with Gasteiger partial charge in [0.2, 0.25) is 0 Å². The molecular weight excluding hydrogens is 136 g/mol. The predicted molar refractivity (Wildman–Crippen MR) is 47.7 cm³/mol. The van der Waals surface area contributed by atoms with E-state index in [1.54, 1.807) is 0 Å². The van der Waals surface area contributed by atoms with Gasteiger partial charge in [-0.3, -0.25) is 0 Å². The van der Waals surface area contributed by atoms with Crippen LogP contribution < -0.4 is 0 Å². The zero-order valence-electron chi connectivity index (χ0n) is 8.02. The Balaban J connectivity index is 2.44. The molecule has 11 heavy (non-hydrogen) atoms. The minimum atomic E-state index is 0.193. The first kappa shape index (κ1) is 9.05. The lowest BCUT2D eigenvalue weighted by Crippen LogP contribution is -2.33. The number of methoxy groups -OCH3 is 1. The second kappa shape index (κ2) is 3.57. The molecule has 0 aromatic heterocycles. The van der Waals surface area contributed by atoms with E-state index in [-0.39, 0.29) is 5.60 Å². The van der Waals surface area contributed by atoms with E-state index < -0.39 is 0 Å². The minimum Gasteiger partial charge on any atom is -0.379 e. The molecule has 0 bridgehead atoms. The van der Waals surface area contributed by atoms with Crippen molar-refractivity contribution in [1.82, 2.24) is 0 Å². The number of ether oxygens (including phenoxy) is 1. The van der Waals surface area contributed by atoms with Gasteiger partial charge in [-0.25, -0.2) is 0 Å². The lowest BCUT2D eigenvalue weighted by atomic mass is 9.78. The van der Waals surface area contributed by atoms with Crippen LogP contribution in [0, 0.1) is 5.92 Å². The van der Waals surface area contributed by atoms with Gasteiger partial charge in [0.1, 0.15) is 0 Å². The largest absolute Gasteiger partial charge is 0.379 e. The van der Waals surface area contributed by atoms with E-state index in [0.29, 0.717) is 0 Å². The molecule has 0 aromatic rings. The molecule has 1 fully saturated rings. The summed E-state index contributed by atoms with van der Waals surface area (Å²) in [6.45, 7) is 4.53. The molecule has 1 heteroatoms. The normalized spacial score (nSPS) is 39.0. The van der Waals surface area contributed by atoms with Gasteiger partial charge in [0, 0.05) is 7.11 Å². The quantitative estimate of drug-likeness (QED) is 0.597. The summed E-state index contributed by atoms with van der Waals surface area (Å²) in [5.74, 6) is 0.911. The van der Waals surface area contributed by atoms with Gasteiger partial charge in [-0.05, 0) is 25.7 Å². The van der Waals surface area contributed by atoms with Crippen molar-refractivity contribution >= 4 is 0 Å². The van der Waals surface area contributed by atoms with Crippen LogP contribution in [0.2, 0.25) is 0 Å². The van der Waals surface area contributed by atoms with Crippen LogP contribution in [0.4, 0.5) is 0 Å². The van der Waals surface area contributed by atoms with E-state index in [1.807, 2.05) is 7.11 Å². The molecule has 1 aliphatic rings. The molecule has 0 saturated heterocycles. The highest BCUT2D eigenvalue weighted by Crippen LogP contribution is 2.35. The van der Waals surface area contributed by atoms with E-state index in [9.17, 15) is 0 Å². The Morgan fingerprint density at radius 3 is 2.82 bits per heavy atom. The molecule has 1 saturated carbocycles. The summed E-state index contributed by atoms with van der Waals surface area (Å²) in [5, 5.41) is 0. The smallest absolute Gasteiger partial charge is 0.0653 e. The Labute approximate surface area is 70.1 Å². The molecule has 0 aromatic carbocycles. The summed E-state index contributed by atoms with van der Waals surface area (Å²) in [4.78, 5) is 0. The van der Waals surface area contributed by atoms with Crippen molar-refractivity contribution in [3.8, 4) is 0 Å². The Morgan fingerprint density at radius 2 is 2.27 bits per heavy atom. The molecule has 0 aliphatic heterocycles. The summed E-state index contributed by atoms with van der Waals surface area (Å²) < 4.78 is 5.51. The van der Waals surface area contributed by atoms with Gasteiger partial charge >= 0.3 is 0 Å². The highest BCUT2D eigenvalue weighted by Gasteiger charge is 2.30. The molecule has 1 aliphatic carbocycles. The first-order valence-corrected chi connectivity index (χ1v) is 4.75. The molecule has 0 amide bonds. The average molecular weight is 156 g/mol. The van der Waals surface area contributed by atoms with Crippen LogP contribution in [0.15, 0.2) is 0 Å². The van der Waals surface area contributed by atoms with Crippen LogP contribution in [0.5, 0.6) is 0 Å². The van der Waals surface area contributed by atoms with Crippen LogP contribution in [-0.4, -0.2) is 12.7 Å². The third-order valence-electron chi connectivity index (χ3n) is 3.11. The van der Waals surface area contributed by atoms with Crippen LogP contribution in [0.25, 0.3) is 0 Å². The second-order valence-electron chi connectivity index (χ2n) is 4.02. The van der Waals surface area contributed by atoms with Crippen molar-refractivity contribution in [2.24, 2.45) is 5.92 Å². The summed E-state index contributed by atoms with van der Waals surface area (Å²) in [6, 6.07) is 0. The lowest BCUT2D eigenvalue weighted by Gasteiger charge is -2.36. The topological polar surface area (TPSA) is 9.23 Å². The Morgan fingerprint density at radius 1 is 1.55 bits per heavy atom. The third kappa shape index (κ3) is 2.19. The lowest BCUT2D eigenvalue weighted by molar-refractivity contribution is -0.0400. The highest BCUT2D eigenvalue weighted by atomic mass is 16.5. The highest BCUT2D eigenvalue weighted by molar-refractivity contribution is 4.83. The SMILES string of the molecule is CC[C@@H]1CCC[C@](C)(OC)C1. The van der Waals surface area contributed by atoms with E-state index in [4.69, 9.17) is 4.74 Å². The maximum atomic E-state index is 5.51. The van der Waals surface area contributed by atoms with Crippen molar-refractivity contribution < 1.29 is 4.74 Å². The summed E-state index contributed by atoms with van der Waals surface area (Å²) in [6.07, 6.45) is 6.59. The molecule has 0 heterocycles. The third-order valence-corrected chi connectivity index (χ3v) is 3.11. The van der Waals surface area contributed by atoms with Crippen LogP contribution in [-0.2, 0) is 4.74 Å². The fraction of sp³-hybridized carbons (Fsp3) is 1.00. The summed E-state index contributed by atoms with van der Waals surface area (Å²) in [5.41, 5.74) is 0.193. The first-order chi connectivity index (χ1) is 5.20. The minimum absolute atomic E-state index is 0.193. The number of rotatable bonds is 2. The molecule has 1 rings (SSSR count). The molecule has 0 radical (unpaired) electrons. The van der Waals surface area contributed by atoms with Crippen molar-refractivity contribution in [2.75, 3.05) is 7.11 Å². The predicted octanol–water partition coefficient (Wildman–Crippen LogP) is 2.99. The van der Waals surface area contributed by atoms with Gasteiger partial charge < -0.3 is 4.74 Å². The van der Waals surface area contributed by atoms with Crippen molar-refractivity contribution in [3.63, 3.8) is 0 Å². The summed E-state index contributed by atoms with van der Waals surface area (Å²) in [7, 11) is 1.85. The van der Waals surface area contributed by atoms with Crippen LogP contribution in [0.3, 0.4) is 0 Å². The summed E-state index contributed by atoms with van der Waals surface area (Å²) >= 11 is 0. The Kier molecular flexibility index (Phi) is 2.94. The van der Waals surface area contributed by atoms with E-state index in [0.717, 1.165) is 5.92 Å². The van der Waals surface area contributed by atoms with Crippen molar-refractivity contribution in [3.05, 3.63) is 0 Å². The fourth-order valence-electron chi connectivity index (χ4n) is 2.11. The van der Waals surface area contributed by atoms with Crippen LogP contribution in [0.1, 0.15) is 46.0 Å². The van der Waals surface area contributed by atoms with Gasteiger partial charge in [-0.15, -0.1) is 0 Å². The maximum Gasteiger partial charge on any atom is 0.0653 e. The monoisotopic (exact) mass is 156 g/mol. The second-order valence-corrected chi connectivity index (χ2v) is 4.02. The molecule has 66 valence electrons. The molecule has 0 N–H and O–H groups in total. The number of hydrogen-bond acceptors (Lipinski definition) is 1. The van der Waals surface area contributed by atoms with Gasteiger partial charge in [0.05, 0.1) is 5.60 Å². The zero-order valence-corrected chi connectivity index (χ0v) is 8.02. The molecular formula is C10H20O. The van der Waals surface area contributed by atoms with E-state index in [2.05, 4.69) is 13.8 Å². The van der Waals surface area contributed by atoms with Gasteiger partial charge in [0.15, 0.2) is 0 Å². The van der Waals surface area contributed by atoms with Gasteiger partial charge in [-0.2, -0.15) is 0 Å². The van der Waals surface area contributed by atoms with Gasteiger partial charge in [-0.1, -0.05) is 26.2 Å². The first-order valence-electron chi connectivity index (χ1n) is 4.75. The van der Waals surface area contributed by atoms with E-state index in [1.165, 1.54) is 32.1 Å².